The fraction of sp³-hybridized carbons (Fsp3) is 0.556. The molecule has 0 aromatic heterocycles. The number of hydrogen-bond acceptors (Lipinski definition) is 5. The second-order valence-electron chi connectivity index (χ2n) is 6.65. The molecule has 164 valence electrons. The van der Waals surface area contributed by atoms with Gasteiger partial charge in [0.25, 0.3) is 5.91 Å². The lowest BCUT2D eigenvalue weighted by Gasteiger charge is -2.19. The first-order valence-electron chi connectivity index (χ1n) is 8.73. The van der Waals surface area contributed by atoms with E-state index in [1.807, 2.05) is 20.8 Å². The van der Waals surface area contributed by atoms with Gasteiger partial charge in [-0.25, -0.2) is 13.1 Å². The third-order valence-electron chi connectivity index (χ3n) is 4.67. The van der Waals surface area contributed by atoms with Crippen molar-refractivity contribution in [1.29, 1.82) is 0 Å². The number of carbonyl (C=O) groups is 2. The van der Waals surface area contributed by atoms with Crippen molar-refractivity contribution in [2.45, 2.75) is 52.1 Å². The van der Waals surface area contributed by atoms with Crippen molar-refractivity contribution in [2.75, 3.05) is 19.7 Å². The summed E-state index contributed by atoms with van der Waals surface area (Å²) in [5.74, 6) is -2.02. The molecule has 29 heavy (non-hydrogen) atoms. The lowest BCUT2D eigenvalue weighted by Crippen LogP contribution is -2.36. The highest BCUT2D eigenvalue weighted by Gasteiger charge is 2.28. The van der Waals surface area contributed by atoms with E-state index in [-0.39, 0.29) is 17.9 Å². The Morgan fingerprint density at radius 3 is 1.90 bits per heavy atom. The van der Waals surface area contributed by atoms with Gasteiger partial charge in [-0.1, -0.05) is 0 Å². The molecule has 1 aromatic rings. The Bertz CT molecular complexity index is 867. The van der Waals surface area contributed by atoms with Crippen LogP contribution in [-0.2, 0) is 24.3 Å². The van der Waals surface area contributed by atoms with Gasteiger partial charge in [0.15, 0.2) is 6.61 Å². The highest BCUT2D eigenvalue weighted by atomic mass is 32.2. The van der Waals surface area contributed by atoms with Crippen LogP contribution in [0.4, 0.5) is 13.2 Å². The van der Waals surface area contributed by atoms with E-state index >= 15 is 0 Å². The Morgan fingerprint density at radius 1 is 0.931 bits per heavy atom. The van der Waals surface area contributed by atoms with Crippen LogP contribution >= 0.6 is 0 Å². The standard InChI is InChI=1S/C18H25F3N2O5S/c1-10-11(2)13(4)17(14(5)12(10)3)29(26,27)23-7-6-16(25)28-8-15(24)22-9-18(19,20)21/h23H,6-9H2,1-5H3,(H,22,24). The molecule has 0 atom stereocenters. The SMILES string of the molecule is Cc1c(C)c(C)c(S(=O)(=O)NCCC(=O)OCC(=O)NCC(F)(F)F)c(C)c1C. The highest BCUT2D eigenvalue weighted by molar-refractivity contribution is 7.89. The Balaban J connectivity index is 2.64. The van der Waals surface area contributed by atoms with Crippen LogP contribution in [0, 0.1) is 34.6 Å². The lowest BCUT2D eigenvalue weighted by molar-refractivity contribution is -0.151. The van der Waals surface area contributed by atoms with E-state index < -0.39 is 41.2 Å². The first-order valence-corrected chi connectivity index (χ1v) is 10.2. The van der Waals surface area contributed by atoms with E-state index in [1.165, 1.54) is 0 Å². The number of sulfonamides is 1. The van der Waals surface area contributed by atoms with Gasteiger partial charge in [0.1, 0.15) is 6.54 Å². The minimum absolute atomic E-state index is 0.151. The molecule has 0 aliphatic heterocycles. The Labute approximate surface area is 168 Å². The van der Waals surface area contributed by atoms with Crippen LogP contribution in [0.1, 0.15) is 34.2 Å². The third kappa shape index (κ3) is 7.00. The van der Waals surface area contributed by atoms with Gasteiger partial charge < -0.3 is 10.1 Å². The molecule has 2 N–H and O–H groups in total. The molecular weight excluding hydrogens is 413 g/mol. The molecular formula is C18H25F3N2O5S. The van der Waals surface area contributed by atoms with Gasteiger partial charge in [-0.05, 0) is 62.4 Å². The summed E-state index contributed by atoms with van der Waals surface area (Å²) in [7, 11) is -3.90. The fourth-order valence-electron chi connectivity index (χ4n) is 2.70. The first-order chi connectivity index (χ1) is 13.2. The van der Waals surface area contributed by atoms with Crippen molar-refractivity contribution in [3.63, 3.8) is 0 Å². The number of amides is 1. The third-order valence-corrected chi connectivity index (χ3v) is 6.41. The zero-order valence-electron chi connectivity index (χ0n) is 16.9. The summed E-state index contributed by atoms with van der Waals surface area (Å²) in [5.41, 5.74) is 3.95. The fourth-order valence-corrected chi connectivity index (χ4v) is 4.32. The predicted molar refractivity (Wildman–Crippen MR) is 100.0 cm³/mol. The smallest absolute Gasteiger partial charge is 0.405 e. The number of alkyl halides is 3. The van der Waals surface area contributed by atoms with Crippen LogP contribution in [0.3, 0.4) is 0 Å². The maximum absolute atomic E-state index is 12.7. The predicted octanol–water partition coefficient (Wildman–Crippen LogP) is 2.12. The molecule has 7 nitrogen and oxygen atoms in total. The summed E-state index contributed by atoms with van der Waals surface area (Å²) in [6.07, 6.45) is -4.95. The molecule has 0 aliphatic rings. The van der Waals surface area contributed by atoms with Crippen LogP contribution in [0.15, 0.2) is 4.90 Å². The number of ether oxygens (including phenoxy) is 1. The largest absolute Gasteiger partial charge is 0.456 e. The molecule has 0 fully saturated rings. The van der Waals surface area contributed by atoms with Gasteiger partial charge >= 0.3 is 12.1 Å². The molecule has 11 heteroatoms. The zero-order valence-corrected chi connectivity index (χ0v) is 17.7. The number of benzene rings is 1. The van der Waals surface area contributed by atoms with Gasteiger partial charge in [-0.15, -0.1) is 0 Å². The molecule has 0 saturated heterocycles. The highest BCUT2D eigenvalue weighted by Crippen LogP contribution is 2.29. The van der Waals surface area contributed by atoms with Crippen molar-refractivity contribution in [1.82, 2.24) is 10.0 Å². The average molecular weight is 438 g/mol. The topological polar surface area (TPSA) is 102 Å². The first kappa shape index (κ1) is 24.9. The number of hydrogen-bond donors (Lipinski definition) is 2. The molecule has 0 spiro atoms. The quantitative estimate of drug-likeness (QED) is 0.606. The molecule has 0 aliphatic carbocycles. The normalized spacial score (nSPS) is 12.0. The molecule has 0 bridgehead atoms. The monoisotopic (exact) mass is 438 g/mol. The van der Waals surface area contributed by atoms with Gasteiger partial charge in [0.05, 0.1) is 11.3 Å². The molecule has 0 heterocycles. The summed E-state index contributed by atoms with van der Waals surface area (Å²) in [6, 6.07) is 0. The van der Waals surface area contributed by atoms with Gasteiger partial charge in [0, 0.05) is 6.54 Å². The van der Waals surface area contributed by atoms with E-state index in [0.29, 0.717) is 11.1 Å². The van der Waals surface area contributed by atoms with Crippen LogP contribution in [-0.4, -0.2) is 46.2 Å². The van der Waals surface area contributed by atoms with E-state index in [4.69, 9.17) is 0 Å². The molecule has 0 unspecified atom stereocenters. The van der Waals surface area contributed by atoms with Crippen molar-refractivity contribution >= 4 is 21.9 Å². The summed E-state index contributed by atoms with van der Waals surface area (Å²) in [5, 5.41) is 1.55. The summed E-state index contributed by atoms with van der Waals surface area (Å²) < 4.78 is 68.1. The van der Waals surface area contributed by atoms with Gasteiger partial charge in [-0.3, -0.25) is 9.59 Å². The van der Waals surface area contributed by atoms with E-state index in [2.05, 4.69) is 9.46 Å². The zero-order chi connectivity index (χ0) is 22.6. The van der Waals surface area contributed by atoms with E-state index in [1.54, 1.807) is 19.2 Å². The maximum atomic E-state index is 12.7. The number of nitrogens with one attached hydrogen (secondary N) is 2. The minimum atomic E-state index is -4.57. The second-order valence-corrected chi connectivity index (χ2v) is 8.36. The summed E-state index contributed by atoms with van der Waals surface area (Å²) in [6.45, 7) is 6.29. The number of carbonyl (C=O) groups excluding carboxylic acids is 2. The Kier molecular flexibility index (Phi) is 8.22. The molecule has 0 radical (unpaired) electrons. The van der Waals surface area contributed by atoms with E-state index in [9.17, 15) is 31.2 Å². The van der Waals surface area contributed by atoms with E-state index in [0.717, 1.165) is 16.7 Å². The lowest BCUT2D eigenvalue weighted by atomic mass is 9.95. The summed E-state index contributed by atoms with van der Waals surface area (Å²) in [4.78, 5) is 22.9. The summed E-state index contributed by atoms with van der Waals surface area (Å²) >= 11 is 0. The van der Waals surface area contributed by atoms with Gasteiger partial charge in [-0.2, -0.15) is 13.2 Å². The second kappa shape index (κ2) is 9.57. The molecule has 0 saturated carbocycles. The van der Waals surface area contributed by atoms with Crippen LogP contribution < -0.4 is 10.0 Å². The molecule has 1 amide bonds. The minimum Gasteiger partial charge on any atom is -0.456 e. The average Bonchev–Trinajstić information content (AvgIpc) is 2.60. The maximum Gasteiger partial charge on any atom is 0.405 e. The van der Waals surface area contributed by atoms with Gasteiger partial charge in [0.2, 0.25) is 10.0 Å². The van der Waals surface area contributed by atoms with Crippen molar-refractivity contribution in [2.24, 2.45) is 0 Å². The number of rotatable bonds is 8. The van der Waals surface area contributed by atoms with Crippen molar-refractivity contribution < 1.29 is 35.9 Å². The van der Waals surface area contributed by atoms with Crippen LogP contribution in [0.5, 0.6) is 0 Å². The molecule has 1 aromatic carbocycles. The number of halogens is 3. The van der Waals surface area contributed by atoms with Crippen molar-refractivity contribution in [3.8, 4) is 0 Å². The Hall–Kier alpha value is -2.14. The van der Waals surface area contributed by atoms with Crippen LogP contribution in [0.2, 0.25) is 0 Å². The molecule has 1 rings (SSSR count). The van der Waals surface area contributed by atoms with Crippen molar-refractivity contribution in [3.05, 3.63) is 27.8 Å². The van der Waals surface area contributed by atoms with Crippen LogP contribution in [0.25, 0.3) is 0 Å². The number of esters is 1. The Morgan fingerprint density at radius 2 is 1.41 bits per heavy atom.